The van der Waals surface area contributed by atoms with Crippen molar-refractivity contribution in [1.82, 2.24) is 9.80 Å². The van der Waals surface area contributed by atoms with Crippen LogP contribution in [0.4, 0.5) is 0 Å². The average molecular weight is 326 g/mol. The van der Waals surface area contributed by atoms with Gasteiger partial charge in [-0.25, -0.2) is 8.42 Å². The number of nitrogens with zero attached hydrogens (tertiary/aromatic N) is 2. The summed E-state index contributed by atoms with van der Waals surface area (Å²) in [6, 6.07) is 6.15. The average Bonchev–Trinajstić information content (AvgIpc) is 2.46. The number of hydrogen-bond donors (Lipinski definition) is 1. The van der Waals surface area contributed by atoms with Crippen LogP contribution in [-0.2, 0) is 9.84 Å². The van der Waals surface area contributed by atoms with Gasteiger partial charge in [0.1, 0.15) is 0 Å². The highest BCUT2D eigenvalue weighted by molar-refractivity contribution is 7.90. The van der Waals surface area contributed by atoms with E-state index in [-0.39, 0.29) is 16.9 Å². The second-order valence-corrected chi connectivity index (χ2v) is 7.76. The number of aliphatic hydroxyl groups is 1. The van der Waals surface area contributed by atoms with Crippen LogP contribution < -0.4 is 0 Å². The summed E-state index contributed by atoms with van der Waals surface area (Å²) in [6.07, 6.45) is 0.750. The molecule has 1 saturated heterocycles. The fourth-order valence-electron chi connectivity index (χ4n) is 2.55. The molecule has 0 saturated carbocycles. The molecule has 1 aromatic rings. The van der Waals surface area contributed by atoms with Crippen LogP contribution in [-0.4, -0.2) is 74.3 Å². The van der Waals surface area contributed by atoms with Gasteiger partial charge in [-0.05, 0) is 25.1 Å². The summed E-state index contributed by atoms with van der Waals surface area (Å²) >= 11 is 0. The number of benzene rings is 1. The topological polar surface area (TPSA) is 77.9 Å². The largest absolute Gasteiger partial charge is 0.392 e. The lowest BCUT2D eigenvalue weighted by Gasteiger charge is -2.35. The summed E-state index contributed by atoms with van der Waals surface area (Å²) in [4.78, 5) is 16.5. The Labute approximate surface area is 131 Å². The highest BCUT2D eigenvalue weighted by atomic mass is 32.2. The lowest BCUT2D eigenvalue weighted by Crippen LogP contribution is -2.50. The second-order valence-electron chi connectivity index (χ2n) is 5.74. The van der Waals surface area contributed by atoms with Crippen molar-refractivity contribution in [3.05, 3.63) is 29.8 Å². The maximum atomic E-state index is 12.5. The molecule has 0 radical (unpaired) electrons. The monoisotopic (exact) mass is 326 g/mol. The molecule has 1 aromatic carbocycles. The van der Waals surface area contributed by atoms with Crippen molar-refractivity contribution < 1.29 is 18.3 Å². The third-order valence-electron chi connectivity index (χ3n) is 3.69. The van der Waals surface area contributed by atoms with Crippen LogP contribution in [0.3, 0.4) is 0 Å². The Bertz CT molecular complexity index is 635. The Hall–Kier alpha value is -1.44. The molecule has 1 heterocycles. The Morgan fingerprint density at radius 1 is 1.27 bits per heavy atom. The standard InChI is InChI=1S/C15H22N2O4S/c1-12(18)11-16-6-8-17(9-7-16)15(19)13-4-3-5-14(10-13)22(2,20)21/h3-5,10,12,18H,6-9,11H2,1-2H3. The van der Waals surface area contributed by atoms with E-state index in [2.05, 4.69) is 4.90 Å². The zero-order chi connectivity index (χ0) is 16.3. The van der Waals surface area contributed by atoms with E-state index in [1.54, 1.807) is 24.0 Å². The van der Waals surface area contributed by atoms with Gasteiger partial charge in [-0.2, -0.15) is 0 Å². The lowest BCUT2D eigenvalue weighted by atomic mass is 10.2. The minimum atomic E-state index is -3.32. The van der Waals surface area contributed by atoms with E-state index in [9.17, 15) is 18.3 Å². The van der Waals surface area contributed by atoms with Crippen molar-refractivity contribution in [2.75, 3.05) is 39.0 Å². The maximum absolute atomic E-state index is 12.5. The molecule has 1 amide bonds. The zero-order valence-corrected chi connectivity index (χ0v) is 13.7. The Balaban J connectivity index is 2.04. The maximum Gasteiger partial charge on any atom is 0.253 e. The van der Waals surface area contributed by atoms with E-state index in [1.807, 2.05) is 0 Å². The first-order chi connectivity index (χ1) is 10.3. The molecule has 2 rings (SSSR count). The smallest absolute Gasteiger partial charge is 0.253 e. The molecule has 1 fully saturated rings. The molecule has 22 heavy (non-hydrogen) atoms. The third-order valence-corrected chi connectivity index (χ3v) is 4.80. The van der Waals surface area contributed by atoms with Crippen LogP contribution >= 0.6 is 0 Å². The van der Waals surface area contributed by atoms with Gasteiger partial charge < -0.3 is 10.0 Å². The summed E-state index contributed by atoms with van der Waals surface area (Å²) < 4.78 is 23.1. The molecule has 0 aromatic heterocycles. The van der Waals surface area contributed by atoms with Crippen molar-refractivity contribution in [2.45, 2.75) is 17.9 Å². The van der Waals surface area contributed by atoms with Gasteiger partial charge >= 0.3 is 0 Å². The van der Waals surface area contributed by atoms with Crippen LogP contribution in [0.15, 0.2) is 29.2 Å². The van der Waals surface area contributed by atoms with Crippen molar-refractivity contribution in [2.24, 2.45) is 0 Å². The highest BCUT2D eigenvalue weighted by Gasteiger charge is 2.23. The number of sulfone groups is 1. The number of carbonyl (C=O) groups is 1. The van der Waals surface area contributed by atoms with Gasteiger partial charge in [0.2, 0.25) is 0 Å². The molecule has 6 nitrogen and oxygen atoms in total. The molecular formula is C15H22N2O4S. The number of amides is 1. The number of aliphatic hydroxyl groups excluding tert-OH is 1. The fourth-order valence-corrected chi connectivity index (χ4v) is 3.22. The van der Waals surface area contributed by atoms with Crippen LogP contribution in [0.25, 0.3) is 0 Å². The van der Waals surface area contributed by atoms with Gasteiger partial charge in [0.25, 0.3) is 5.91 Å². The Morgan fingerprint density at radius 3 is 2.45 bits per heavy atom. The zero-order valence-electron chi connectivity index (χ0n) is 12.9. The summed E-state index contributed by atoms with van der Waals surface area (Å²) in [5, 5.41) is 9.39. The van der Waals surface area contributed by atoms with Crippen LogP contribution in [0, 0.1) is 0 Å². The molecule has 0 spiro atoms. The molecule has 122 valence electrons. The van der Waals surface area contributed by atoms with E-state index in [4.69, 9.17) is 0 Å². The first-order valence-electron chi connectivity index (χ1n) is 7.27. The molecule has 1 aliphatic heterocycles. The normalized spacial score (nSPS) is 18.2. The quantitative estimate of drug-likeness (QED) is 0.857. The fraction of sp³-hybridized carbons (Fsp3) is 0.533. The molecule has 7 heteroatoms. The van der Waals surface area contributed by atoms with Gasteiger partial charge in [0, 0.05) is 44.5 Å². The molecule has 1 aliphatic rings. The van der Waals surface area contributed by atoms with E-state index in [0.29, 0.717) is 38.3 Å². The molecule has 1 unspecified atom stereocenters. The van der Waals surface area contributed by atoms with Gasteiger partial charge in [0.15, 0.2) is 9.84 Å². The van der Waals surface area contributed by atoms with Crippen molar-refractivity contribution in [1.29, 1.82) is 0 Å². The van der Waals surface area contributed by atoms with E-state index < -0.39 is 9.84 Å². The summed E-state index contributed by atoms with van der Waals surface area (Å²) in [7, 11) is -3.32. The van der Waals surface area contributed by atoms with Gasteiger partial charge in [-0.3, -0.25) is 9.69 Å². The summed E-state index contributed by atoms with van der Waals surface area (Å²) in [5.74, 6) is -0.151. The first kappa shape index (κ1) is 16.9. The molecule has 1 N–H and O–H groups in total. The number of carbonyl (C=O) groups excluding carboxylic acids is 1. The molecule has 0 aliphatic carbocycles. The third kappa shape index (κ3) is 4.28. The molecule has 1 atom stereocenters. The predicted molar refractivity (Wildman–Crippen MR) is 83.6 cm³/mol. The van der Waals surface area contributed by atoms with Crippen molar-refractivity contribution >= 4 is 15.7 Å². The minimum absolute atomic E-state index is 0.151. The van der Waals surface area contributed by atoms with Crippen molar-refractivity contribution in [3.63, 3.8) is 0 Å². The summed E-state index contributed by atoms with van der Waals surface area (Å²) in [6.45, 7) is 4.92. The molecular weight excluding hydrogens is 304 g/mol. The summed E-state index contributed by atoms with van der Waals surface area (Å²) in [5.41, 5.74) is 0.395. The highest BCUT2D eigenvalue weighted by Crippen LogP contribution is 2.14. The van der Waals surface area contributed by atoms with Crippen LogP contribution in [0.5, 0.6) is 0 Å². The SMILES string of the molecule is CC(O)CN1CCN(C(=O)c2cccc(S(C)(=O)=O)c2)CC1. The number of piperazine rings is 1. The van der Waals surface area contributed by atoms with E-state index in [0.717, 1.165) is 6.26 Å². The number of hydrogen-bond acceptors (Lipinski definition) is 5. The van der Waals surface area contributed by atoms with Crippen LogP contribution in [0.1, 0.15) is 17.3 Å². The number of β-amino-alcohol motifs (C(OH)–C–C–N with tert-alkyl or cyclic N) is 1. The van der Waals surface area contributed by atoms with E-state index >= 15 is 0 Å². The van der Waals surface area contributed by atoms with Crippen LogP contribution in [0.2, 0.25) is 0 Å². The van der Waals surface area contributed by atoms with Gasteiger partial charge in [0.05, 0.1) is 11.0 Å². The van der Waals surface area contributed by atoms with Gasteiger partial charge in [-0.15, -0.1) is 0 Å². The predicted octanol–water partition coefficient (Wildman–Crippen LogP) is 0.229. The minimum Gasteiger partial charge on any atom is -0.392 e. The van der Waals surface area contributed by atoms with E-state index in [1.165, 1.54) is 12.1 Å². The van der Waals surface area contributed by atoms with Crippen molar-refractivity contribution in [3.8, 4) is 0 Å². The lowest BCUT2D eigenvalue weighted by molar-refractivity contribution is 0.0554. The number of rotatable bonds is 4. The molecule has 0 bridgehead atoms. The Morgan fingerprint density at radius 2 is 1.91 bits per heavy atom. The second kappa shape index (κ2) is 6.76. The Kier molecular flexibility index (Phi) is 5.20. The van der Waals surface area contributed by atoms with Gasteiger partial charge in [-0.1, -0.05) is 6.07 Å². The first-order valence-corrected chi connectivity index (χ1v) is 9.16.